The lowest BCUT2D eigenvalue weighted by molar-refractivity contribution is 0.201. The van der Waals surface area contributed by atoms with Gasteiger partial charge >= 0.3 is 0 Å². The van der Waals surface area contributed by atoms with Gasteiger partial charge in [0, 0.05) is 5.56 Å². The van der Waals surface area contributed by atoms with E-state index in [2.05, 4.69) is 60.7 Å². The summed E-state index contributed by atoms with van der Waals surface area (Å²) in [6.07, 6.45) is 0. The van der Waals surface area contributed by atoms with Gasteiger partial charge in [-0.05, 0) is 46.0 Å². The lowest BCUT2D eigenvalue weighted by Gasteiger charge is -2.34. The molecule has 0 amide bonds. The molecule has 3 nitrogen and oxygen atoms in total. The Kier molecular flexibility index (Phi) is 4.53. The van der Waals surface area contributed by atoms with Gasteiger partial charge in [-0.25, -0.2) is 0 Å². The average molecular weight is 394 g/mol. The largest absolute Gasteiger partial charge is 0.508 e. The van der Waals surface area contributed by atoms with E-state index >= 15 is 0 Å². The number of aliphatic hydroxyl groups excluding tert-OH is 1. The van der Waals surface area contributed by atoms with Gasteiger partial charge in [0.15, 0.2) is 0 Å². The SMILES string of the molecule is OCCOc1ccc(C2(c3ccccc3O)c3ccccc3-c3ccccc32)cc1. The van der Waals surface area contributed by atoms with Crippen LogP contribution in [0, 0.1) is 0 Å². The second-order valence-electron chi connectivity index (χ2n) is 7.45. The van der Waals surface area contributed by atoms with Gasteiger partial charge in [-0.3, -0.25) is 0 Å². The molecule has 1 aliphatic carbocycles. The van der Waals surface area contributed by atoms with Crippen molar-refractivity contribution in [1.29, 1.82) is 0 Å². The molecule has 0 saturated heterocycles. The molecule has 4 aromatic carbocycles. The Morgan fingerprint density at radius 2 is 1.17 bits per heavy atom. The minimum atomic E-state index is -0.631. The van der Waals surface area contributed by atoms with Crippen molar-refractivity contribution >= 4 is 0 Å². The molecule has 30 heavy (non-hydrogen) atoms. The maximum absolute atomic E-state index is 11.0. The van der Waals surface area contributed by atoms with Crippen molar-refractivity contribution in [3.8, 4) is 22.6 Å². The molecule has 0 saturated carbocycles. The van der Waals surface area contributed by atoms with Crippen LogP contribution in [0.15, 0.2) is 97.1 Å². The molecular weight excluding hydrogens is 372 g/mol. The number of hydrogen-bond acceptors (Lipinski definition) is 3. The highest BCUT2D eigenvalue weighted by Gasteiger charge is 2.47. The second kappa shape index (κ2) is 7.36. The molecule has 0 heterocycles. The monoisotopic (exact) mass is 394 g/mol. The molecule has 0 aliphatic heterocycles. The summed E-state index contributed by atoms with van der Waals surface area (Å²) in [4.78, 5) is 0. The molecule has 3 heteroatoms. The van der Waals surface area contributed by atoms with E-state index in [-0.39, 0.29) is 19.0 Å². The van der Waals surface area contributed by atoms with Crippen molar-refractivity contribution in [2.75, 3.05) is 13.2 Å². The van der Waals surface area contributed by atoms with Crippen LogP contribution in [0.3, 0.4) is 0 Å². The lowest BCUT2D eigenvalue weighted by Crippen LogP contribution is -2.28. The first-order valence-corrected chi connectivity index (χ1v) is 10.1. The third-order valence-electron chi connectivity index (χ3n) is 5.91. The van der Waals surface area contributed by atoms with Crippen LogP contribution < -0.4 is 4.74 Å². The van der Waals surface area contributed by atoms with Gasteiger partial charge in [-0.1, -0.05) is 78.9 Å². The number of aliphatic hydroxyl groups is 1. The predicted molar refractivity (Wildman–Crippen MR) is 118 cm³/mol. The number of para-hydroxylation sites is 1. The minimum Gasteiger partial charge on any atom is -0.508 e. The van der Waals surface area contributed by atoms with E-state index in [1.54, 1.807) is 6.07 Å². The van der Waals surface area contributed by atoms with Crippen LogP contribution in [0.2, 0.25) is 0 Å². The summed E-state index contributed by atoms with van der Waals surface area (Å²) in [5, 5.41) is 20.0. The maximum atomic E-state index is 11.0. The van der Waals surface area contributed by atoms with Gasteiger partial charge in [0.05, 0.1) is 12.0 Å². The number of benzene rings is 4. The van der Waals surface area contributed by atoms with E-state index in [1.807, 2.05) is 30.3 Å². The summed E-state index contributed by atoms with van der Waals surface area (Å²) in [6, 6.07) is 32.4. The van der Waals surface area contributed by atoms with E-state index in [0.29, 0.717) is 5.75 Å². The van der Waals surface area contributed by atoms with E-state index < -0.39 is 5.41 Å². The zero-order chi connectivity index (χ0) is 20.6. The highest BCUT2D eigenvalue weighted by Crippen LogP contribution is 2.57. The summed E-state index contributed by atoms with van der Waals surface area (Å²) in [7, 11) is 0. The molecule has 2 N–H and O–H groups in total. The van der Waals surface area contributed by atoms with E-state index in [1.165, 1.54) is 11.1 Å². The van der Waals surface area contributed by atoms with Gasteiger partial charge in [0.1, 0.15) is 18.1 Å². The van der Waals surface area contributed by atoms with Gasteiger partial charge in [-0.15, -0.1) is 0 Å². The van der Waals surface area contributed by atoms with Crippen LogP contribution in [-0.4, -0.2) is 23.4 Å². The maximum Gasteiger partial charge on any atom is 0.120 e. The Hall–Kier alpha value is -3.56. The molecule has 0 unspecified atom stereocenters. The Morgan fingerprint density at radius 3 is 1.73 bits per heavy atom. The van der Waals surface area contributed by atoms with Gasteiger partial charge in [-0.2, -0.15) is 0 Å². The second-order valence-corrected chi connectivity index (χ2v) is 7.45. The van der Waals surface area contributed by atoms with Crippen LogP contribution in [0.4, 0.5) is 0 Å². The molecule has 0 atom stereocenters. The van der Waals surface area contributed by atoms with Crippen molar-refractivity contribution in [2.24, 2.45) is 0 Å². The average Bonchev–Trinajstić information content (AvgIpc) is 3.10. The fourth-order valence-corrected chi connectivity index (χ4v) is 4.75. The predicted octanol–water partition coefficient (Wildman–Crippen LogP) is 5.13. The van der Waals surface area contributed by atoms with Crippen LogP contribution in [0.1, 0.15) is 22.3 Å². The zero-order valence-corrected chi connectivity index (χ0v) is 16.5. The third-order valence-corrected chi connectivity index (χ3v) is 5.91. The standard InChI is InChI=1S/C27H22O3/c28-17-18-30-20-15-13-19(14-16-20)27(25-11-5-6-12-26(25)29)23-9-3-1-7-21(23)22-8-2-4-10-24(22)27/h1-16,28-29H,17-18H2. The van der Waals surface area contributed by atoms with E-state index in [4.69, 9.17) is 9.84 Å². The van der Waals surface area contributed by atoms with Crippen molar-refractivity contribution < 1.29 is 14.9 Å². The number of hydrogen-bond donors (Lipinski definition) is 2. The van der Waals surface area contributed by atoms with Crippen LogP contribution in [0.5, 0.6) is 11.5 Å². The molecule has 0 bridgehead atoms. The normalized spacial score (nSPS) is 13.5. The molecule has 0 aromatic heterocycles. The lowest BCUT2D eigenvalue weighted by atomic mass is 9.67. The van der Waals surface area contributed by atoms with Gasteiger partial charge in [0.2, 0.25) is 0 Å². The quantitative estimate of drug-likeness (QED) is 0.435. The number of phenols is 1. The molecule has 5 rings (SSSR count). The molecule has 0 radical (unpaired) electrons. The molecule has 1 aliphatic rings. The number of ether oxygens (including phenoxy) is 1. The highest BCUT2D eigenvalue weighted by atomic mass is 16.5. The Labute approximate surface area is 175 Å². The number of aromatic hydroxyl groups is 1. The first kappa shape index (κ1) is 18.5. The Morgan fingerprint density at radius 1 is 0.633 bits per heavy atom. The summed E-state index contributed by atoms with van der Waals surface area (Å²) >= 11 is 0. The van der Waals surface area contributed by atoms with Crippen LogP contribution >= 0.6 is 0 Å². The first-order valence-electron chi connectivity index (χ1n) is 10.1. The molecule has 0 fully saturated rings. The fourth-order valence-electron chi connectivity index (χ4n) is 4.75. The topological polar surface area (TPSA) is 49.7 Å². The molecule has 4 aromatic rings. The zero-order valence-electron chi connectivity index (χ0n) is 16.5. The Balaban J connectivity index is 1.83. The molecule has 0 spiro atoms. The summed E-state index contributed by atoms with van der Waals surface area (Å²) < 4.78 is 5.57. The summed E-state index contributed by atoms with van der Waals surface area (Å²) in [6.45, 7) is 0.236. The molecular formula is C27H22O3. The number of phenolic OH excluding ortho intramolecular Hbond substituents is 1. The van der Waals surface area contributed by atoms with E-state index in [9.17, 15) is 5.11 Å². The Bertz CT molecular complexity index is 1150. The van der Waals surface area contributed by atoms with Crippen molar-refractivity contribution in [1.82, 2.24) is 0 Å². The molecule has 148 valence electrons. The van der Waals surface area contributed by atoms with Crippen molar-refractivity contribution in [3.05, 3.63) is 119 Å². The van der Waals surface area contributed by atoms with E-state index in [0.717, 1.165) is 22.3 Å². The third kappa shape index (κ3) is 2.63. The van der Waals surface area contributed by atoms with Gasteiger partial charge in [0.25, 0.3) is 0 Å². The number of fused-ring (bicyclic) bond motifs is 3. The highest BCUT2D eigenvalue weighted by molar-refractivity contribution is 5.86. The summed E-state index contributed by atoms with van der Waals surface area (Å²) in [5.74, 6) is 0.976. The van der Waals surface area contributed by atoms with Crippen molar-refractivity contribution in [2.45, 2.75) is 5.41 Å². The smallest absolute Gasteiger partial charge is 0.120 e. The van der Waals surface area contributed by atoms with Gasteiger partial charge < -0.3 is 14.9 Å². The minimum absolute atomic E-state index is 0.0235. The number of rotatable bonds is 5. The first-order chi connectivity index (χ1) is 14.8. The van der Waals surface area contributed by atoms with Crippen molar-refractivity contribution in [3.63, 3.8) is 0 Å². The fraction of sp³-hybridized carbons (Fsp3) is 0.111. The van der Waals surface area contributed by atoms with Crippen LogP contribution in [-0.2, 0) is 5.41 Å². The summed E-state index contributed by atoms with van der Waals surface area (Å²) in [5.41, 5.74) is 5.93. The van der Waals surface area contributed by atoms with Crippen LogP contribution in [0.25, 0.3) is 11.1 Å².